The van der Waals surface area contributed by atoms with E-state index < -0.39 is 0 Å². The quantitative estimate of drug-likeness (QED) is 0.350. The molecular weight excluding hydrogens is 549 g/mol. The summed E-state index contributed by atoms with van der Waals surface area (Å²) in [5, 5.41) is 12.0. The number of benzene rings is 1. The van der Waals surface area contributed by atoms with Gasteiger partial charge < -0.3 is 15.4 Å². The molecule has 1 amide bonds. The zero-order valence-electron chi connectivity index (χ0n) is 22.3. The highest BCUT2D eigenvalue weighted by atomic mass is 35.5. The largest absolute Gasteiger partial charge is 0.491 e. The molecule has 2 aromatic rings. The lowest BCUT2D eigenvalue weighted by Gasteiger charge is -2.45. The van der Waals surface area contributed by atoms with Crippen molar-refractivity contribution in [2.45, 2.75) is 69.7 Å². The molecule has 1 aliphatic heterocycles. The number of nitrogens with one attached hydrogen (secondary N) is 2. The van der Waals surface area contributed by atoms with E-state index in [9.17, 15) is 9.59 Å². The lowest BCUT2D eigenvalue weighted by atomic mass is 9.62. The third-order valence-corrected chi connectivity index (χ3v) is 9.07. The molecule has 2 N–H and O–H groups in total. The van der Waals surface area contributed by atoms with Gasteiger partial charge in [0.1, 0.15) is 12.4 Å². The molecule has 8 nitrogen and oxygen atoms in total. The van der Waals surface area contributed by atoms with Gasteiger partial charge in [-0.15, -0.1) is 5.10 Å². The molecule has 2 heterocycles. The Morgan fingerprint density at radius 1 is 1.23 bits per heavy atom. The van der Waals surface area contributed by atoms with E-state index in [-0.39, 0.29) is 42.2 Å². The first-order chi connectivity index (χ1) is 19.4. The molecule has 4 aliphatic rings. The fourth-order valence-corrected chi connectivity index (χ4v) is 6.57. The Balaban J connectivity index is 1.12. The summed E-state index contributed by atoms with van der Waals surface area (Å²) in [6, 6.07) is 4.85. The monoisotopic (exact) mass is 581 g/mol. The van der Waals surface area contributed by atoms with Crippen molar-refractivity contribution in [3.05, 3.63) is 69.5 Å². The average molecular weight is 583 g/mol. The van der Waals surface area contributed by atoms with E-state index in [1.54, 1.807) is 18.2 Å². The first-order valence-electron chi connectivity index (χ1n) is 14.1. The summed E-state index contributed by atoms with van der Waals surface area (Å²) in [6.45, 7) is 0.693. The van der Waals surface area contributed by atoms with Crippen LogP contribution in [0.25, 0.3) is 0 Å². The molecule has 3 aliphatic carbocycles. The minimum atomic E-state index is -0.317. The van der Waals surface area contributed by atoms with Crippen LogP contribution in [0.15, 0.2) is 53.1 Å². The average Bonchev–Trinajstić information content (AvgIpc) is 3.37. The first kappa shape index (κ1) is 27.1. The van der Waals surface area contributed by atoms with Crippen LogP contribution in [-0.4, -0.2) is 45.8 Å². The van der Waals surface area contributed by atoms with Crippen LogP contribution in [0.1, 0.15) is 84.7 Å². The van der Waals surface area contributed by atoms with Crippen molar-refractivity contribution < 1.29 is 14.3 Å². The summed E-state index contributed by atoms with van der Waals surface area (Å²) >= 11 is 12.8. The number of hydrogen-bond donors (Lipinski definition) is 2. The van der Waals surface area contributed by atoms with Gasteiger partial charge in [0, 0.05) is 22.9 Å². The lowest BCUT2D eigenvalue weighted by Crippen LogP contribution is -2.44. The number of nitrogens with zero attached hydrogens (tertiary/aromatic N) is 3. The number of carbonyl (C=O) groups excluding carboxylic acids is 2. The lowest BCUT2D eigenvalue weighted by molar-refractivity contribution is 0.0854. The Morgan fingerprint density at radius 2 is 2.10 bits per heavy atom. The third-order valence-electron chi connectivity index (χ3n) is 8.49. The van der Waals surface area contributed by atoms with Crippen molar-refractivity contribution in [1.29, 1.82) is 0 Å². The van der Waals surface area contributed by atoms with Crippen molar-refractivity contribution in [2.75, 3.05) is 18.5 Å². The van der Waals surface area contributed by atoms with Crippen LogP contribution in [-0.2, 0) is 0 Å². The summed E-state index contributed by atoms with van der Waals surface area (Å²) in [4.78, 5) is 30.9. The van der Waals surface area contributed by atoms with Crippen molar-refractivity contribution in [2.24, 2.45) is 5.41 Å². The van der Waals surface area contributed by atoms with Crippen molar-refractivity contribution >= 4 is 41.0 Å². The van der Waals surface area contributed by atoms with Gasteiger partial charge in [0.25, 0.3) is 11.8 Å². The van der Waals surface area contributed by atoms with Gasteiger partial charge in [-0.2, -0.15) is 9.67 Å². The summed E-state index contributed by atoms with van der Waals surface area (Å²) in [6.07, 6.45) is 16.8. The van der Waals surface area contributed by atoms with Crippen molar-refractivity contribution in [3.8, 4) is 5.75 Å². The van der Waals surface area contributed by atoms with Crippen molar-refractivity contribution in [1.82, 2.24) is 20.1 Å². The van der Waals surface area contributed by atoms with Gasteiger partial charge in [0.15, 0.2) is 5.82 Å². The Kier molecular flexibility index (Phi) is 7.73. The summed E-state index contributed by atoms with van der Waals surface area (Å²) in [7, 11) is 0. The van der Waals surface area contributed by atoms with E-state index in [0.717, 1.165) is 56.4 Å². The van der Waals surface area contributed by atoms with E-state index >= 15 is 0 Å². The summed E-state index contributed by atoms with van der Waals surface area (Å²) in [5.74, 6) is 1.19. The Labute approximate surface area is 243 Å². The molecule has 40 heavy (non-hydrogen) atoms. The topological polar surface area (TPSA) is 98.1 Å². The number of amides is 1. The predicted octanol–water partition coefficient (Wildman–Crippen LogP) is 6.40. The zero-order chi connectivity index (χ0) is 27.7. The van der Waals surface area contributed by atoms with Crippen LogP contribution in [0.2, 0.25) is 5.02 Å². The van der Waals surface area contributed by atoms with Gasteiger partial charge >= 0.3 is 0 Å². The van der Waals surface area contributed by atoms with Crippen LogP contribution in [0.3, 0.4) is 0 Å². The normalized spacial score (nSPS) is 23.3. The standard InChI is InChI=1S/C30H33Cl2N5O3/c31-21-10-4-9-20(15-21)30(13-6-14-30)18-33-28(39)26-23(32)11-5-12-24(26)40-17-22-16-25(38)37-29(34-22)35-27(36-37)19-7-2-1-3-8-19/h2,5,7,10-12,15,19,22H,1,3-4,6,8-9,13-14,16-18H2,(H,33,39)(H,34,35,36). The number of rotatable bonds is 8. The van der Waals surface area contributed by atoms with E-state index in [4.69, 9.17) is 27.9 Å². The molecule has 1 aromatic heterocycles. The van der Waals surface area contributed by atoms with Crippen LogP contribution in [0, 0.1) is 5.41 Å². The molecular formula is C30H33Cl2N5O3. The molecule has 0 spiro atoms. The molecule has 10 heteroatoms. The minimum Gasteiger partial charge on any atom is -0.491 e. The predicted molar refractivity (Wildman–Crippen MR) is 155 cm³/mol. The van der Waals surface area contributed by atoms with E-state index in [1.807, 2.05) is 6.08 Å². The number of allylic oxidation sites excluding steroid dienone is 5. The Hall–Kier alpha value is -3.10. The number of aromatic nitrogens is 3. The molecule has 2 atom stereocenters. The number of hydrogen-bond acceptors (Lipinski definition) is 6. The number of fused-ring (bicyclic) bond motifs is 1. The minimum absolute atomic E-state index is 0.0546. The molecule has 0 radical (unpaired) electrons. The second-order valence-electron chi connectivity index (χ2n) is 11.1. The number of halogens is 2. The van der Waals surface area contributed by atoms with Gasteiger partial charge in [0.05, 0.1) is 23.0 Å². The maximum atomic E-state index is 13.4. The number of carbonyl (C=O) groups is 2. The van der Waals surface area contributed by atoms with Gasteiger partial charge in [-0.1, -0.05) is 59.5 Å². The molecule has 1 saturated carbocycles. The van der Waals surface area contributed by atoms with Crippen LogP contribution in [0.5, 0.6) is 5.75 Å². The number of ether oxygens (including phenoxy) is 1. The molecule has 1 fully saturated rings. The van der Waals surface area contributed by atoms with Crippen LogP contribution < -0.4 is 15.4 Å². The summed E-state index contributed by atoms with van der Waals surface area (Å²) < 4.78 is 7.46. The highest BCUT2D eigenvalue weighted by Crippen LogP contribution is 2.49. The fourth-order valence-electron chi connectivity index (χ4n) is 6.08. The number of anilines is 1. The van der Waals surface area contributed by atoms with E-state index in [2.05, 4.69) is 38.9 Å². The van der Waals surface area contributed by atoms with E-state index in [1.165, 1.54) is 10.3 Å². The zero-order valence-corrected chi connectivity index (χ0v) is 23.8. The first-order valence-corrected chi connectivity index (χ1v) is 14.9. The Morgan fingerprint density at radius 3 is 2.85 bits per heavy atom. The van der Waals surface area contributed by atoms with Gasteiger partial charge in [0.2, 0.25) is 5.95 Å². The van der Waals surface area contributed by atoms with Gasteiger partial charge in [-0.25, -0.2) is 0 Å². The van der Waals surface area contributed by atoms with Gasteiger partial charge in [-0.05, 0) is 63.2 Å². The molecule has 1 aromatic carbocycles. The summed E-state index contributed by atoms with van der Waals surface area (Å²) in [5.41, 5.74) is 1.55. The SMILES string of the molecule is O=C(NCC1(C2=CC(Cl)=CCC2)CCC1)c1c(Cl)cccc1OCC1CC(=O)n2nc(C3C=CCCC3)nc2N1. The maximum absolute atomic E-state index is 13.4. The highest BCUT2D eigenvalue weighted by molar-refractivity contribution is 6.34. The Bertz CT molecular complexity index is 1410. The highest BCUT2D eigenvalue weighted by Gasteiger charge is 2.41. The molecule has 2 unspecified atom stereocenters. The smallest absolute Gasteiger partial charge is 0.256 e. The maximum Gasteiger partial charge on any atom is 0.256 e. The molecule has 0 saturated heterocycles. The van der Waals surface area contributed by atoms with E-state index in [0.29, 0.717) is 34.7 Å². The third kappa shape index (κ3) is 5.44. The van der Waals surface area contributed by atoms with Crippen molar-refractivity contribution in [3.63, 3.8) is 0 Å². The van der Waals surface area contributed by atoms with Crippen LogP contribution >= 0.6 is 23.2 Å². The molecule has 0 bridgehead atoms. The molecule has 210 valence electrons. The van der Waals surface area contributed by atoms with Crippen LogP contribution in [0.4, 0.5) is 5.95 Å². The second-order valence-corrected chi connectivity index (χ2v) is 12.0. The fraction of sp³-hybridized carbons (Fsp3) is 0.467. The van der Waals surface area contributed by atoms with Gasteiger partial charge in [-0.3, -0.25) is 9.59 Å². The molecule has 6 rings (SSSR count). The second kappa shape index (κ2) is 11.4.